The minimum atomic E-state index is -2.59. The summed E-state index contributed by atoms with van der Waals surface area (Å²) in [6.07, 6.45) is 1.09. The molecule has 1 heterocycles. The molecule has 1 saturated heterocycles. The molecule has 3 N–H and O–H groups in total. The van der Waals surface area contributed by atoms with Crippen LogP contribution in [0.2, 0.25) is 5.04 Å². The van der Waals surface area contributed by atoms with E-state index in [9.17, 15) is 4.79 Å². The van der Waals surface area contributed by atoms with Crippen molar-refractivity contribution in [1.82, 2.24) is 10.2 Å². The first-order valence-corrected chi connectivity index (χ1v) is 15.9. The van der Waals surface area contributed by atoms with Crippen LogP contribution >= 0.6 is 0 Å². The molecule has 3 aromatic carbocycles. The van der Waals surface area contributed by atoms with Gasteiger partial charge in [0.25, 0.3) is 8.32 Å². The number of rotatable bonds is 10. The van der Waals surface area contributed by atoms with Crippen LogP contribution in [0.3, 0.4) is 0 Å². The van der Waals surface area contributed by atoms with Crippen LogP contribution in [-0.4, -0.2) is 59.0 Å². The first kappa shape index (κ1) is 28.9. The number of amides is 1. The zero-order valence-electron chi connectivity index (χ0n) is 24.0. The van der Waals surface area contributed by atoms with Crippen LogP contribution in [0.1, 0.15) is 39.2 Å². The Labute approximate surface area is 235 Å². The van der Waals surface area contributed by atoms with Gasteiger partial charge in [-0.2, -0.15) is 0 Å². The standard InChI is InChI=1S/C32H44N4O2Si/c1-32(2,3)39(28-12-7-5-8-13-28,29-14-9-6-10-15-29)38-23-11-16-31(37)34-25-26-24-27(33)17-18-30(26)36-21-19-35(4)20-22-36/h5-10,12-15,17-18,24H,11,16,19-23,25,33H2,1-4H3,(H,34,37). The van der Waals surface area contributed by atoms with Crippen molar-refractivity contribution in [2.45, 2.75) is 45.2 Å². The Bertz CT molecular complexity index is 1170. The van der Waals surface area contributed by atoms with Crippen LogP contribution in [0, 0.1) is 0 Å². The molecule has 3 aromatic rings. The van der Waals surface area contributed by atoms with E-state index in [2.05, 4.69) is 110 Å². The third-order valence-corrected chi connectivity index (χ3v) is 12.7. The topological polar surface area (TPSA) is 70.8 Å². The van der Waals surface area contributed by atoms with E-state index >= 15 is 0 Å². The highest BCUT2D eigenvalue weighted by molar-refractivity contribution is 6.99. The van der Waals surface area contributed by atoms with Gasteiger partial charge in [0.05, 0.1) is 0 Å². The Morgan fingerprint density at radius 2 is 1.51 bits per heavy atom. The van der Waals surface area contributed by atoms with Gasteiger partial charge in [0.2, 0.25) is 5.91 Å². The minimum Gasteiger partial charge on any atom is -0.407 e. The smallest absolute Gasteiger partial charge is 0.261 e. The summed E-state index contributed by atoms with van der Waals surface area (Å²) in [4.78, 5) is 17.6. The molecule has 39 heavy (non-hydrogen) atoms. The molecule has 0 bridgehead atoms. The van der Waals surface area contributed by atoms with Gasteiger partial charge in [-0.25, -0.2) is 0 Å². The summed E-state index contributed by atoms with van der Waals surface area (Å²) < 4.78 is 6.93. The summed E-state index contributed by atoms with van der Waals surface area (Å²) in [6.45, 7) is 11.8. The molecule has 0 unspecified atom stereocenters. The number of nitrogens with two attached hydrogens (primary N) is 1. The van der Waals surface area contributed by atoms with Gasteiger partial charge in [0.15, 0.2) is 0 Å². The van der Waals surface area contributed by atoms with E-state index in [-0.39, 0.29) is 10.9 Å². The van der Waals surface area contributed by atoms with Crippen molar-refractivity contribution in [1.29, 1.82) is 0 Å². The van der Waals surface area contributed by atoms with Crippen LogP contribution < -0.4 is 26.3 Å². The maximum absolute atomic E-state index is 12.9. The van der Waals surface area contributed by atoms with E-state index in [1.807, 2.05) is 12.1 Å². The number of nitrogens with zero attached hydrogens (tertiary/aromatic N) is 2. The molecule has 4 rings (SSSR count). The molecule has 208 valence electrons. The molecule has 1 aliphatic rings. The number of hydrogen-bond donors (Lipinski definition) is 2. The van der Waals surface area contributed by atoms with Gasteiger partial charge in [-0.1, -0.05) is 81.4 Å². The third-order valence-electron chi connectivity index (χ3n) is 7.71. The first-order chi connectivity index (χ1) is 18.7. The molecule has 1 aliphatic heterocycles. The summed E-state index contributed by atoms with van der Waals surface area (Å²) in [5.41, 5.74) is 9.05. The number of nitrogen functional groups attached to an aromatic ring is 1. The van der Waals surface area contributed by atoms with Crippen LogP contribution in [0.5, 0.6) is 0 Å². The monoisotopic (exact) mass is 544 g/mol. The van der Waals surface area contributed by atoms with Gasteiger partial charge in [0, 0.05) is 57.1 Å². The Hall–Kier alpha value is -3.13. The number of anilines is 2. The first-order valence-electron chi connectivity index (χ1n) is 14.0. The molecule has 0 aromatic heterocycles. The number of piperazine rings is 1. The Morgan fingerprint density at radius 1 is 0.923 bits per heavy atom. The summed E-state index contributed by atoms with van der Waals surface area (Å²) in [7, 11) is -0.433. The Balaban J connectivity index is 1.39. The maximum atomic E-state index is 12.9. The lowest BCUT2D eigenvalue weighted by Gasteiger charge is -2.43. The summed E-state index contributed by atoms with van der Waals surface area (Å²) in [5, 5.41) is 5.56. The number of carbonyl (C=O) groups excluding carboxylic acids is 1. The quantitative estimate of drug-likeness (QED) is 0.229. The number of nitrogens with one attached hydrogen (secondary N) is 1. The molecule has 0 radical (unpaired) electrons. The molecule has 6 nitrogen and oxygen atoms in total. The van der Waals surface area contributed by atoms with Gasteiger partial charge in [-0.3, -0.25) is 4.79 Å². The second kappa shape index (κ2) is 12.8. The largest absolute Gasteiger partial charge is 0.407 e. The molecule has 0 atom stereocenters. The number of hydrogen-bond acceptors (Lipinski definition) is 5. The average molecular weight is 545 g/mol. The van der Waals surface area contributed by atoms with E-state index in [0.29, 0.717) is 26.0 Å². The van der Waals surface area contributed by atoms with Gasteiger partial charge < -0.3 is 25.3 Å². The summed E-state index contributed by atoms with van der Waals surface area (Å²) in [6, 6.07) is 27.3. The van der Waals surface area contributed by atoms with Crippen LogP contribution in [0.4, 0.5) is 11.4 Å². The Morgan fingerprint density at radius 3 is 2.08 bits per heavy atom. The van der Waals surface area contributed by atoms with Crippen molar-refractivity contribution in [3.8, 4) is 0 Å². The van der Waals surface area contributed by atoms with Crippen LogP contribution in [0.25, 0.3) is 0 Å². The summed E-state index contributed by atoms with van der Waals surface area (Å²) in [5.74, 6) is 0.0350. The van der Waals surface area contributed by atoms with Crippen LogP contribution in [0.15, 0.2) is 78.9 Å². The molecule has 0 saturated carbocycles. The fraction of sp³-hybridized carbons (Fsp3) is 0.406. The number of benzene rings is 3. The summed E-state index contributed by atoms with van der Waals surface area (Å²) >= 11 is 0. The minimum absolute atomic E-state index is 0.0350. The van der Waals surface area contributed by atoms with Crippen molar-refractivity contribution < 1.29 is 9.22 Å². The van der Waals surface area contributed by atoms with E-state index < -0.39 is 8.32 Å². The molecule has 0 aliphatic carbocycles. The molecule has 0 spiro atoms. The van der Waals surface area contributed by atoms with Crippen molar-refractivity contribution in [2.24, 2.45) is 0 Å². The van der Waals surface area contributed by atoms with E-state index in [0.717, 1.165) is 43.1 Å². The van der Waals surface area contributed by atoms with Crippen molar-refractivity contribution in [3.05, 3.63) is 84.4 Å². The molecule has 1 amide bonds. The second-order valence-corrected chi connectivity index (χ2v) is 15.9. The van der Waals surface area contributed by atoms with Gasteiger partial charge >= 0.3 is 0 Å². The number of likely N-dealkylation sites (N-methyl/N-ethyl adjacent to an activating group) is 1. The van der Waals surface area contributed by atoms with E-state index in [1.54, 1.807) is 0 Å². The third kappa shape index (κ3) is 6.90. The normalized spacial score (nSPS) is 14.8. The van der Waals surface area contributed by atoms with E-state index in [1.165, 1.54) is 10.4 Å². The average Bonchev–Trinajstić information content (AvgIpc) is 2.93. The van der Waals surface area contributed by atoms with Gasteiger partial charge in [-0.05, 0) is 52.6 Å². The highest BCUT2D eigenvalue weighted by Gasteiger charge is 2.49. The predicted molar refractivity (Wildman–Crippen MR) is 165 cm³/mol. The van der Waals surface area contributed by atoms with E-state index in [4.69, 9.17) is 10.2 Å². The van der Waals surface area contributed by atoms with Gasteiger partial charge in [-0.15, -0.1) is 0 Å². The van der Waals surface area contributed by atoms with Crippen molar-refractivity contribution in [3.63, 3.8) is 0 Å². The SMILES string of the molecule is CN1CCN(c2ccc(N)cc2CNC(=O)CCCO[Si](c2ccccc2)(c2ccccc2)C(C)(C)C)CC1. The number of carbonyl (C=O) groups is 1. The highest BCUT2D eigenvalue weighted by Crippen LogP contribution is 2.36. The lowest BCUT2D eigenvalue weighted by Crippen LogP contribution is -2.66. The van der Waals surface area contributed by atoms with Crippen molar-refractivity contribution >= 4 is 36.0 Å². The zero-order valence-corrected chi connectivity index (χ0v) is 25.0. The predicted octanol–water partition coefficient (Wildman–Crippen LogP) is 3.99. The van der Waals surface area contributed by atoms with Crippen LogP contribution in [-0.2, 0) is 15.8 Å². The van der Waals surface area contributed by atoms with Gasteiger partial charge in [0.1, 0.15) is 0 Å². The zero-order chi connectivity index (χ0) is 27.9. The Kier molecular flexibility index (Phi) is 9.48. The highest BCUT2D eigenvalue weighted by atomic mass is 28.4. The maximum Gasteiger partial charge on any atom is 0.261 e. The molecule has 1 fully saturated rings. The fourth-order valence-electron chi connectivity index (χ4n) is 5.60. The molecular weight excluding hydrogens is 500 g/mol. The lowest BCUT2D eigenvalue weighted by atomic mass is 10.1. The van der Waals surface area contributed by atoms with Crippen molar-refractivity contribution in [2.75, 3.05) is 50.5 Å². The second-order valence-electron chi connectivity index (χ2n) is 11.6. The molecule has 7 heteroatoms. The molecular formula is C32H44N4O2Si. The fourth-order valence-corrected chi connectivity index (χ4v) is 10.2. The lowest BCUT2D eigenvalue weighted by molar-refractivity contribution is -0.121.